The fraction of sp³-hybridized carbons (Fsp3) is 0.556. The third-order valence-corrected chi connectivity index (χ3v) is 4.12. The number of imidazole rings is 1. The third kappa shape index (κ3) is 3.67. The van der Waals surface area contributed by atoms with Crippen LogP contribution in [0.15, 0.2) is 24.3 Å². The van der Waals surface area contributed by atoms with Gasteiger partial charge in [0.1, 0.15) is 5.82 Å². The zero-order valence-corrected chi connectivity index (χ0v) is 14.1. The molecule has 1 aromatic heterocycles. The van der Waals surface area contributed by atoms with E-state index in [1.807, 2.05) is 32.0 Å². The van der Waals surface area contributed by atoms with Gasteiger partial charge in [-0.1, -0.05) is 39.3 Å². The highest BCUT2D eigenvalue weighted by atomic mass is 16.1. The SMILES string of the molecule is CCCC(=O)NC(C)c1nc2ccccc2n1CC(C)CC. The van der Waals surface area contributed by atoms with Gasteiger partial charge in [0.05, 0.1) is 17.1 Å². The zero-order chi connectivity index (χ0) is 16.1. The Hall–Kier alpha value is -1.84. The first-order chi connectivity index (χ1) is 10.6. The summed E-state index contributed by atoms with van der Waals surface area (Å²) < 4.78 is 2.26. The fourth-order valence-electron chi connectivity index (χ4n) is 2.66. The Labute approximate surface area is 132 Å². The van der Waals surface area contributed by atoms with Crippen LogP contribution in [0.2, 0.25) is 0 Å². The number of nitrogens with zero attached hydrogens (tertiary/aromatic N) is 2. The number of rotatable bonds is 7. The Balaban J connectivity index is 2.34. The molecule has 22 heavy (non-hydrogen) atoms. The Morgan fingerprint density at radius 3 is 2.68 bits per heavy atom. The van der Waals surface area contributed by atoms with Gasteiger partial charge in [0.25, 0.3) is 0 Å². The first-order valence-electron chi connectivity index (χ1n) is 8.31. The van der Waals surface area contributed by atoms with Crippen molar-refractivity contribution in [2.45, 2.75) is 59.5 Å². The number of carbonyl (C=O) groups is 1. The molecule has 0 aliphatic rings. The lowest BCUT2D eigenvalue weighted by atomic mass is 10.1. The summed E-state index contributed by atoms with van der Waals surface area (Å²) in [6, 6.07) is 8.12. The van der Waals surface area contributed by atoms with E-state index in [0.717, 1.165) is 36.2 Å². The van der Waals surface area contributed by atoms with Crippen LogP contribution in [-0.2, 0) is 11.3 Å². The third-order valence-electron chi connectivity index (χ3n) is 4.12. The van der Waals surface area contributed by atoms with Gasteiger partial charge in [-0.05, 0) is 31.4 Å². The van der Waals surface area contributed by atoms with Gasteiger partial charge >= 0.3 is 0 Å². The van der Waals surface area contributed by atoms with Crippen molar-refractivity contribution in [1.29, 1.82) is 0 Å². The van der Waals surface area contributed by atoms with E-state index in [9.17, 15) is 4.79 Å². The van der Waals surface area contributed by atoms with E-state index in [2.05, 4.69) is 29.8 Å². The summed E-state index contributed by atoms with van der Waals surface area (Å²) in [5, 5.41) is 3.07. The molecular formula is C18H27N3O. The molecule has 2 aromatic rings. The van der Waals surface area contributed by atoms with E-state index >= 15 is 0 Å². The molecule has 2 atom stereocenters. The molecule has 1 aromatic carbocycles. The van der Waals surface area contributed by atoms with Crippen LogP contribution in [0.1, 0.15) is 58.8 Å². The molecule has 120 valence electrons. The molecule has 0 saturated carbocycles. The number of aromatic nitrogens is 2. The fourth-order valence-corrected chi connectivity index (χ4v) is 2.66. The van der Waals surface area contributed by atoms with Gasteiger partial charge in [0.15, 0.2) is 0 Å². The molecule has 0 spiro atoms. The van der Waals surface area contributed by atoms with E-state index in [-0.39, 0.29) is 11.9 Å². The van der Waals surface area contributed by atoms with Gasteiger partial charge in [-0.15, -0.1) is 0 Å². The lowest BCUT2D eigenvalue weighted by Gasteiger charge is -2.18. The number of hydrogen-bond acceptors (Lipinski definition) is 2. The van der Waals surface area contributed by atoms with E-state index in [1.54, 1.807) is 0 Å². The van der Waals surface area contributed by atoms with Crippen LogP contribution in [0.25, 0.3) is 11.0 Å². The molecule has 0 aliphatic heterocycles. The first-order valence-corrected chi connectivity index (χ1v) is 8.31. The largest absolute Gasteiger partial charge is 0.346 e. The predicted molar refractivity (Wildman–Crippen MR) is 90.7 cm³/mol. The second-order valence-electron chi connectivity index (χ2n) is 6.12. The minimum absolute atomic E-state index is 0.0736. The van der Waals surface area contributed by atoms with Crippen molar-refractivity contribution in [3.05, 3.63) is 30.1 Å². The lowest BCUT2D eigenvalue weighted by Crippen LogP contribution is -2.28. The average molecular weight is 301 g/mol. The number of hydrogen-bond donors (Lipinski definition) is 1. The Morgan fingerprint density at radius 1 is 1.27 bits per heavy atom. The molecule has 2 rings (SSSR count). The Bertz CT molecular complexity index is 632. The summed E-state index contributed by atoms with van der Waals surface area (Å²) in [6.07, 6.45) is 2.56. The Morgan fingerprint density at radius 2 is 2.00 bits per heavy atom. The summed E-state index contributed by atoms with van der Waals surface area (Å²) in [4.78, 5) is 16.6. The summed E-state index contributed by atoms with van der Waals surface area (Å²) in [5.41, 5.74) is 2.15. The van der Waals surface area contributed by atoms with Crippen LogP contribution in [-0.4, -0.2) is 15.5 Å². The molecule has 4 heteroatoms. The monoisotopic (exact) mass is 301 g/mol. The molecule has 1 amide bonds. The van der Waals surface area contributed by atoms with Crippen molar-refractivity contribution in [3.8, 4) is 0 Å². The smallest absolute Gasteiger partial charge is 0.220 e. The molecule has 0 radical (unpaired) electrons. The van der Waals surface area contributed by atoms with Gasteiger partial charge in [-0.2, -0.15) is 0 Å². The van der Waals surface area contributed by atoms with E-state index in [1.165, 1.54) is 0 Å². The van der Waals surface area contributed by atoms with Gasteiger partial charge in [0.2, 0.25) is 5.91 Å². The molecular weight excluding hydrogens is 274 g/mol. The highest BCUT2D eigenvalue weighted by Crippen LogP contribution is 2.23. The predicted octanol–water partition coefficient (Wildman–Crippen LogP) is 4.06. The molecule has 0 aliphatic carbocycles. The summed E-state index contributed by atoms with van der Waals surface area (Å²) in [7, 11) is 0. The molecule has 0 bridgehead atoms. The van der Waals surface area contributed by atoms with Crippen molar-refractivity contribution in [2.24, 2.45) is 5.92 Å². The van der Waals surface area contributed by atoms with Crippen LogP contribution < -0.4 is 5.32 Å². The average Bonchev–Trinajstić information content (AvgIpc) is 2.86. The van der Waals surface area contributed by atoms with Crippen molar-refractivity contribution in [3.63, 3.8) is 0 Å². The highest BCUT2D eigenvalue weighted by molar-refractivity contribution is 5.78. The van der Waals surface area contributed by atoms with E-state index in [4.69, 9.17) is 4.98 Å². The minimum Gasteiger partial charge on any atom is -0.346 e. The second-order valence-corrected chi connectivity index (χ2v) is 6.12. The van der Waals surface area contributed by atoms with Crippen molar-refractivity contribution < 1.29 is 4.79 Å². The lowest BCUT2D eigenvalue weighted by molar-refractivity contribution is -0.121. The normalized spacial score (nSPS) is 14.0. The maximum absolute atomic E-state index is 11.9. The highest BCUT2D eigenvalue weighted by Gasteiger charge is 2.18. The van der Waals surface area contributed by atoms with Crippen molar-refractivity contribution in [1.82, 2.24) is 14.9 Å². The van der Waals surface area contributed by atoms with Gasteiger partial charge in [-0.3, -0.25) is 4.79 Å². The van der Waals surface area contributed by atoms with Crippen LogP contribution in [0.4, 0.5) is 0 Å². The van der Waals surface area contributed by atoms with Gasteiger partial charge in [0, 0.05) is 13.0 Å². The molecule has 1 N–H and O–H groups in total. The molecule has 1 heterocycles. The topological polar surface area (TPSA) is 46.9 Å². The zero-order valence-electron chi connectivity index (χ0n) is 14.1. The number of para-hydroxylation sites is 2. The van der Waals surface area contributed by atoms with Crippen molar-refractivity contribution >= 4 is 16.9 Å². The minimum atomic E-state index is -0.0736. The molecule has 2 unspecified atom stereocenters. The van der Waals surface area contributed by atoms with E-state index in [0.29, 0.717) is 12.3 Å². The second kappa shape index (κ2) is 7.43. The quantitative estimate of drug-likeness (QED) is 0.838. The van der Waals surface area contributed by atoms with Crippen molar-refractivity contribution in [2.75, 3.05) is 0 Å². The maximum atomic E-state index is 11.9. The van der Waals surface area contributed by atoms with E-state index < -0.39 is 0 Å². The molecule has 4 nitrogen and oxygen atoms in total. The number of nitrogens with one attached hydrogen (secondary N) is 1. The Kier molecular flexibility index (Phi) is 5.58. The van der Waals surface area contributed by atoms with Crippen LogP contribution >= 0.6 is 0 Å². The van der Waals surface area contributed by atoms with Gasteiger partial charge < -0.3 is 9.88 Å². The summed E-state index contributed by atoms with van der Waals surface area (Å²) in [6.45, 7) is 9.42. The number of fused-ring (bicyclic) bond motifs is 1. The van der Waals surface area contributed by atoms with Gasteiger partial charge in [-0.25, -0.2) is 4.98 Å². The molecule has 0 fully saturated rings. The van der Waals surface area contributed by atoms with Crippen LogP contribution in [0, 0.1) is 5.92 Å². The number of benzene rings is 1. The summed E-state index contributed by atoms with van der Waals surface area (Å²) >= 11 is 0. The van der Waals surface area contributed by atoms with Crippen LogP contribution in [0.3, 0.4) is 0 Å². The summed E-state index contributed by atoms with van der Waals surface area (Å²) in [5.74, 6) is 1.62. The maximum Gasteiger partial charge on any atom is 0.220 e. The van der Waals surface area contributed by atoms with Crippen LogP contribution in [0.5, 0.6) is 0 Å². The first kappa shape index (κ1) is 16.5. The standard InChI is InChI=1S/C18H27N3O/c1-5-9-17(22)19-14(4)18-20-15-10-7-8-11-16(15)21(18)12-13(3)6-2/h7-8,10-11,13-14H,5-6,9,12H2,1-4H3,(H,19,22). The number of amides is 1. The molecule has 0 saturated heterocycles. The number of carbonyl (C=O) groups excluding carboxylic acids is 1.